The van der Waals surface area contributed by atoms with E-state index in [1.807, 2.05) is 13.0 Å². The average molecular weight is 239 g/mol. The van der Waals surface area contributed by atoms with Crippen LogP contribution in [0.2, 0.25) is 0 Å². The molecule has 0 saturated carbocycles. The minimum absolute atomic E-state index is 0.157. The molecular weight excluding hydrogens is 214 g/mol. The van der Waals surface area contributed by atoms with Crippen molar-refractivity contribution in [3.8, 4) is 0 Å². The zero-order valence-electron chi connectivity index (χ0n) is 10.8. The van der Waals surface area contributed by atoms with E-state index < -0.39 is 5.91 Å². The number of nitrogens with two attached hydrogens (primary N) is 1. The molecule has 0 unspecified atom stereocenters. The number of allylic oxidation sites excluding steroid dienone is 3. The molecular formula is C14H25NO2. The summed E-state index contributed by atoms with van der Waals surface area (Å²) in [5.74, 6) is -0.409. The second-order valence-corrected chi connectivity index (χ2v) is 4.38. The van der Waals surface area contributed by atoms with E-state index in [1.165, 1.54) is 31.8 Å². The fourth-order valence-electron chi connectivity index (χ4n) is 1.56. The van der Waals surface area contributed by atoms with Gasteiger partial charge in [-0.25, -0.2) is 0 Å². The first-order valence-corrected chi connectivity index (χ1v) is 6.43. The van der Waals surface area contributed by atoms with Gasteiger partial charge in [0, 0.05) is 6.08 Å². The van der Waals surface area contributed by atoms with E-state index in [0.717, 1.165) is 19.3 Å². The highest BCUT2D eigenvalue weighted by Gasteiger charge is 1.94. The van der Waals surface area contributed by atoms with Crippen LogP contribution in [0.3, 0.4) is 0 Å². The molecule has 0 aliphatic rings. The fraction of sp³-hybridized carbons (Fsp3) is 0.643. The SMILES string of the molecule is C[C@H](O)CCCCCCC/C=C/C=C/C(N)=O. The smallest absolute Gasteiger partial charge is 0.241 e. The van der Waals surface area contributed by atoms with Crippen LogP contribution < -0.4 is 5.73 Å². The minimum Gasteiger partial charge on any atom is -0.393 e. The zero-order valence-corrected chi connectivity index (χ0v) is 10.8. The van der Waals surface area contributed by atoms with Crippen molar-refractivity contribution < 1.29 is 9.90 Å². The molecule has 0 aromatic heterocycles. The van der Waals surface area contributed by atoms with Crippen molar-refractivity contribution in [3.63, 3.8) is 0 Å². The van der Waals surface area contributed by atoms with Gasteiger partial charge in [-0.3, -0.25) is 4.79 Å². The molecule has 3 nitrogen and oxygen atoms in total. The third-order valence-corrected chi connectivity index (χ3v) is 2.50. The monoisotopic (exact) mass is 239 g/mol. The number of carbonyl (C=O) groups excluding carboxylic acids is 1. The normalized spacial score (nSPS) is 13.5. The lowest BCUT2D eigenvalue weighted by molar-refractivity contribution is -0.113. The molecule has 0 radical (unpaired) electrons. The molecule has 0 fully saturated rings. The molecule has 0 spiro atoms. The van der Waals surface area contributed by atoms with Gasteiger partial charge in [-0.1, -0.05) is 43.9 Å². The van der Waals surface area contributed by atoms with Crippen LogP contribution >= 0.6 is 0 Å². The molecule has 0 aromatic carbocycles. The lowest BCUT2D eigenvalue weighted by atomic mass is 10.1. The highest BCUT2D eigenvalue weighted by atomic mass is 16.3. The molecule has 1 atom stereocenters. The first kappa shape index (κ1) is 15.9. The van der Waals surface area contributed by atoms with E-state index in [0.29, 0.717) is 0 Å². The van der Waals surface area contributed by atoms with E-state index in [1.54, 1.807) is 6.08 Å². The van der Waals surface area contributed by atoms with Gasteiger partial charge < -0.3 is 10.8 Å². The summed E-state index contributed by atoms with van der Waals surface area (Å²) in [6, 6.07) is 0. The third kappa shape index (κ3) is 14.9. The van der Waals surface area contributed by atoms with Gasteiger partial charge >= 0.3 is 0 Å². The van der Waals surface area contributed by atoms with Gasteiger partial charge in [-0.05, 0) is 26.2 Å². The van der Waals surface area contributed by atoms with Gasteiger partial charge in [0.1, 0.15) is 0 Å². The highest BCUT2D eigenvalue weighted by molar-refractivity contribution is 5.85. The van der Waals surface area contributed by atoms with Gasteiger partial charge in [0.15, 0.2) is 0 Å². The van der Waals surface area contributed by atoms with Crippen LogP contribution in [0, 0.1) is 0 Å². The summed E-state index contributed by atoms with van der Waals surface area (Å²) in [5.41, 5.74) is 4.95. The summed E-state index contributed by atoms with van der Waals surface area (Å²) in [6.07, 6.45) is 14.7. The number of rotatable bonds is 10. The molecule has 0 rings (SSSR count). The van der Waals surface area contributed by atoms with Crippen LogP contribution in [0.15, 0.2) is 24.3 Å². The van der Waals surface area contributed by atoms with Crippen LogP contribution in [0.5, 0.6) is 0 Å². The number of unbranched alkanes of at least 4 members (excludes halogenated alkanes) is 5. The summed E-state index contributed by atoms with van der Waals surface area (Å²) < 4.78 is 0. The maximum atomic E-state index is 10.4. The Hall–Kier alpha value is -1.09. The highest BCUT2D eigenvalue weighted by Crippen LogP contribution is 2.08. The molecule has 0 saturated heterocycles. The predicted molar refractivity (Wildman–Crippen MR) is 71.5 cm³/mol. The number of hydrogen-bond donors (Lipinski definition) is 2. The first-order valence-electron chi connectivity index (χ1n) is 6.43. The van der Waals surface area contributed by atoms with E-state index in [-0.39, 0.29) is 6.10 Å². The van der Waals surface area contributed by atoms with Gasteiger partial charge in [0.2, 0.25) is 5.91 Å². The van der Waals surface area contributed by atoms with E-state index in [9.17, 15) is 4.79 Å². The Morgan fingerprint density at radius 2 is 1.82 bits per heavy atom. The number of carbonyl (C=O) groups is 1. The molecule has 0 heterocycles. The largest absolute Gasteiger partial charge is 0.393 e. The van der Waals surface area contributed by atoms with E-state index in [4.69, 9.17) is 10.8 Å². The molecule has 0 bridgehead atoms. The molecule has 0 aliphatic heterocycles. The average Bonchev–Trinajstić information content (AvgIpc) is 2.25. The second kappa shape index (κ2) is 11.4. The molecule has 17 heavy (non-hydrogen) atoms. The number of aliphatic hydroxyl groups excluding tert-OH is 1. The third-order valence-electron chi connectivity index (χ3n) is 2.50. The molecule has 0 aliphatic carbocycles. The summed E-state index contributed by atoms with van der Waals surface area (Å²) in [4.78, 5) is 10.4. The fourth-order valence-corrected chi connectivity index (χ4v) is 1.56. The second-order valence-electron chi connectivity index (χ2n) is 4.38. The van der Waals surface area contributed by atoms with Crippen molar-refractivity contribution in [2.45, 2.75) is 58.0 Å². The number of aliphatic hydroxyl groups is 1. The van der Waals surface area contributed by atoms with Crippen molar-refractivity contribution >= 4 is 5.91 Å². The number of hydrogen-bond acceptors (Lipinski definition) is 2. The van der Waals surface area contributed by atoms with Crippen molar-refractivity contribution in [3.05, 3.63) is 24.3 Å². The van der Waals surface area contributed by atoms with Crippen LogP contribution in [0.4, 0.5) is 0 Å². The Morgan fingerprint density at radius 1 is 1.18 bits per heavy atom. The minimum atomic E-state index is -0.409. The molecule has 3 N–H and O–H groups in total. The lowest BCUT2D eigenvalue weighted by Gasteiger charge is -2.02. The molecule has 0 aromatic rings. The zero-order chi connectivity index (χ0) is 12.9. The van der Waals surface area contributed by atoms with Gasteiger partial charge in [0.05, 0.1) is 6.10 Å². The van der Waals surface area contributed by atoms with Crippen LogP contribution in [-0.4, -0.2) is 17.1 Å². The van der Waals surface area contributed by atoms with Crippen LogP contribution in [0.25, 0.3) is 0 Å². The maximum absolute atomic E-state index is 10.4. The number of primary amides is 1. The first-order chi connectivity index (χ1) is 8.13. The Morgan fingerprint density at radius 3 is 2.47 bits per heavy atom. The maximum Gasteiger partial charge on any atom is 0.241 e. The summed E-state index contributed by atoms with van der Waals surface area (Å²) in [7, 11) is 0. The Bertz CT molecular complexity index is 245. The summed E-state index contributed by atoms with van der Waals surface area (Å²) in [6.45, 7) is 1.84. The standard InChI is InChI=1S/C14H25NO2/c1-13(16)11-9-7-5-3-2-4-6-8-10-12-14(15)17/h6,8,10,12-13,16H,2-5,7,9,11H2,1H3,(H2,15,17)/b8-6+,12-10+/t13-/m0/s1. The summed E-state index contributed by atoms with van der Waals surface area (Å²) in [5, 5.41) is 9.07. The quantitative estimate of drug-likeness (QED) is 0.350. The van der Waals surface area contributed by atoms with Crippen LogP contribution in [0.1, 0.15) is 51.9 Å². The topological polar surface area (TPSA) is 63.3 Å². The predicted octanol–water partition coefficient (Wildman–Crippen LogP) is 2.70. The van der Waals surface area contributed by atoms with E-state index >= 15 is 0 Å². The summed E-state index contributed by atoms with van der Waals surface area (Å²) >= 11 is 0. The van der Waals surface area contributed by atoms with Gasteiger partial charge in [-0.2, -0.15) is 0 Å². The van der Waals surface area contributed by atoms with Crippen molar-refractivity contribution in [2.75, 3.05) is 0 Å². The van der Waals surface area contributed by atoms with Gasteiger partial charge in [0.25, 0.3) is 0 Å². The molecule has 3 heteroatoms. The Labute approximate surface area is 104 Å². The van der Waals surface area contributed by atoms with Crippen LogP contribution in [-0.2, 0) is 4.79 Å². The van der Waals surface area contributed by atoms with Crippen molar-refractivity contribution in [1.82, 2.24) is 0 Å². The van der Waals surface area contributed by atoms with E-state index in [2.05, 4.69) is 6.08 Å². The molecule has 1 amide bonds. The Kier molecular flexibility index (Phi) is 10.7. The lowest BCUT2D eigenvalue weighted by Crippen LogP contribution is -2.04. The van der Waals surface area contributed by atoms with Gasteiger partial charge in [-0.15, -0.1) is 0 Å². The Balaban J connectivity index is 3.21. The number of amides is 1. The molecule has 98 valence electrons. The van der Waals surface area contributed by atoms with Crippen molar-refractivity contribution in [2.24, 2.45) is 5.73 Å². The van der Waals surface area contributed by atoms with Crippen molar-refractivity contribution in [1.29, 1.82) is 0 Å².